The zero-order chi connectivity index (χ0) is 18.7. The van der Waals surface area contributed by atoms with E-state index in [0.29, 0.717) is 20.1 Å². The smallest absolute Gasteiger partial charge is 0.405 e. The van der Waals surface area contributed by atoms with E-state index in [1.165, 1.54) is 0 Å². The van der Waals surface area contributed by atoms with Gasteiger partial charge in [-0.1, -0.05) is 0 Å². The SMILES string of the molecule is CC(OC(=O)C(COCC1CO1)COCC1CO1)C(F)(F)S(=O)(=O)O. The summed E-state index contributed by atoms with van der Waals surface area (Å²) in [5, 5.41) is -4.63. The molecule has 12 heteroatoms. The maximum atomic E-state index is 13.5. The molecule has 2 aliphatic heterocycles. The van der Waals surface area contributed by atoms with Gasteiger partial charge in [0.2, 0.25) is 0 Å². The summed E-state index contributed by atoms with van der Waals surface area (Å²) in [6, 6.07) is 0. The van der Waals surface area contributed by atoms with Crippen LogP contribution in [0.15, 0.2) is 0 Å². The first-order valence-corrected chi connectivity index (χ1v) is 8.99. The maximum Gasteiger partial charge on any atom is 0.405 e. The Balaban J connectivity index is 1.86. The van der Waals surface area contributed by atoms with E-state index in [1.807, 2.05) is 0 Å². The molecule has 0 radical (unpaired) electrons. The average Bonchev–Trinajstić information content (AvgIpc) is 3.39. The number of rotatable bonds is 12. The molecule has 9 nitrogen and oxygen atoms in total. The van der Waals surface area contributed by atoms with Crippen LogP contribution in [0.3, 0.4) is 0 Å². The molecule has 2 heterocycles. The van der Waals surface area contributed by atoms with E-state index in [0.717, 1.165) is 0 Å². The molecule has 0 aromatic carbocycles. The van der Waals surface area contributed by atoms with Crippen LogP contribution in [0, 0.1) is 5.92 Å². The third kappa shape index (κ3) is 6.38. The second kappa shape index (κ2) is 8.18. The van der Waals surface area contributed by atoms with E-state index in [1.54, 1.807) is 0 Å². The highest BCUT2D eigenvalue weighted by Crippen LogP contribution is 2.27. The fourth-order valence-electron chi connectivity index (χ4n) is 1.75. The minimum atomic E-state index is -5.72. The van der Waals surface area contributed by atoms with Crippen LogP contribution in [-0.4, -0.2) is 82.1 Å². The fourth-order valence-corrected chi connectivity index (χ4v) is 2.21. The third-order valence-corrected chi connectivity index (χ3v) is 4.51. The number of ether oxygens (including phenoxy) is 5. The van der Waals surface area contributed by atoms with Crippen LogP contribution in [0.5, 0.6) is 0 Å². The molecule has 2 saturated heterocycles. The maximum absolute atomic E-state index is 13.5. The van der Waals surface area contributed by atoms with Crippen LogP contribution < -0.4 is 0 Å². The summed E-state index contributed by atoms with van der Waals surface area (Å²) < 4.78 is 81.7. The van der Waals surface area contributed by atoms with Gasteiger partial charge in [0.05, 0.1) is 39.6 Å². The minimum Gasteiger partial charge on any atom is -0.455 e. The van der Waals surface area contributed by atoms with Crippen LogP contribution >= 0.6 is 0 Å². The van der Waals surface area contributed by atoms with E-state index >= 15 is 0 Å². The van der Waals surface area contributed by atoms with Gasteiger partial charge in [-0.3, -0.25) is 9.35 Å². The van der Waals surface area contributed by atoms with Gasteiger partial charge in [-0.25, -0.2) is 0 Å². The molecule has 2 rings (SSSR count). The monoisotopic (exact) mass is 390 g/mol. The molecule has 0 amide bonds. The lowest BCUT2D eigenvalue weighted by atomic mass is 10.2. The Morgan fingerprint density at radius 2 is 1.64 bits per heavy atom. The summed E-state index contributed by atoms with van der Waals surface area (Å²) in [4.78, 5) is 12.1. The average molecular weight is 390 g/mol. The topological polar surface area (TPSA) is 124 Å². The number of hydrogen-bond donors (Lipinski definition) is 1. The van der Waals surface area contributed by atoms with Gasteiger partial charge in [0.1, 0.15) is 18.1 Å². The van der Waals surface area contributed by atoms with Crippen molar-refractivity contribution in [2.45, 2.75) is 30.5 Å². The summed E-state index contributed by atoms with van der Waals surface area (Å²) in [5.74, 6) is -2.17. The Bertz CT molecular complexity index is 542. The lowest BCUT2D eigenvalue weighted by Gasteiger charge is -2.23. The first kappa shape index (κ1) is 20.4. The molecule has 2 aliphatic rings. The van der Waals surface area contributed by atoms with Gasteiger partial charge in [-0.05, 0) is 6.92 Å². The highest BCUT2D eigenvalue weighted by Gasteiger charge is 2.52. The molecule has 0 aromatic heterocycles. The highest BCUT2D eigenvalue weighted by atomic mass is 32.2. The number of carbonyl (C=O) groups excluding carboxylic acids is 1. The first-order valence-electron chi connectivity index (χ1n) is 7.55. The molecule has 0 spiro atoms. The van der Waals surface area contributed by atoms with E-state index in [-0.39, 0.29) is 38.6 Å². The number of halogens is 2. The predicted molar refractivity (Wildman–Crippen MR) is 76.7 cm³/mol. The minimum absolute atomic E-state index is 0.0553. The summed E-state index contributed by atoms with van der Waals surface area (Å²) in [6.45, 7) is 1.87. The summed E-state index contributed by atoms with van der Waals surface area (Å²) >= 11 is 0. The van der Waals surface area contributed by atoms with Crippen LogP contribution in [0.1, 0.15) is 6.92 Å². The Labute approximate surface area is 143 Å². The molecule has 3 atom stereocenters. The van der Waals surface area contributed by atoms with Gasteiger partial charge in [0.25, 0.3) is 0 Å². The van der Waals surface area contributed by atoms with E-state index in [2.05, 4.69) is 4.74 Å². The van der Waals surface area contributed by atoms with E-state index in [4.69, 9.17) is 23.5 Å². The van der Waals surface area contributed by atoms with Crippen molar-refractivity contribution >= 4 is 16.1 Å². The van der Waals surface area contributed by atoms with Crippen molar-refractivity contribution in [3.05, 3.63) is 0 Å². The van der Waals surface area contributed by atoms with Crippen molar-refractivity contribution in [2.75, 3.05) is 39.6 Å². The van der Waals surface area contributed by atoms with E-state index < -0.39 is 33.4 Å². The zero-order valence-electron chi connectivity index (χ0n) is 13.4. The molecule has 1 N–H and O–H groups in total. The molecule has 25 heavy (non-hydrogen) atoms. The van der Waals surface area contributed by atoms with Gasteiger partial charge in [-0.15, -0.1) is 0 Å². The van der Waals surface area contributed by atoms with Crippen molar-refractivity contribution in [1.29, 1.82) is 0 Å². The van der Waals surface area contributed by atoms with Gasteiger partial charge in [0.15, 0.2) is 6.10 Å². The van der Waals surface area contributed by atoms with Crippen molar-refractivity contribution in [3.8, 4) is 0 Å². The molecule has 2 fully saturated rings. The van der Waals surface area contributed by atoms with Gasteiger partial charge >= 0.3 is 21.3 Å². The Hall–Kier alpha value is -0.920. The van der Waals surface area contributed by atoms with Crippen molar-refractivity contribution < 1.29 is 50.2 Å². The second-order valence-corrected chi connectivity index (χ2v) is 7.29. The molecule has 3 unspecified atom stereocenters. The molecule has 0 bridgehead atoms. The Morgan fingerprint density at radius 1 is 1.20 bits per heavy atom. The molecule has 0 saturated carbocycles. The molecule has 146 valence electrons. The van der Waals surface area contributed by atoms with Crippen LogP contribution in [0.2, 0.25) is 0 Å². The highest BCUT2D eigenvalue weighted by molar-refractivity contribution is 7.86. The Kier molecular flexibility index (Phi) is 6.68. The summed E-state index contributed by atoms with van der Waals surface area (Å²) in [5.41, 5.74) is 0. The normalized spacial score (nSPS) is 25.3. The van der Waals surface area contributed by atoms with Crippen LogP contribution in [0.25, 0.3) is 0 Å². The number of epoxide rings is 2. The standard InChI is InChI=1S/C13H20F2O9S/c1-8(13(14,15)25(17,18)19)24-12(16)9(2-20-4-10-6-22-10)3-21-5-11-7-23-11/h8-11H,2-7H2,1H3,(H,17,18,19). The molecular formula is C13H20F2O9S. The van der Waals surface area contributed by atoms with Crippen molar-refractivity contribution in [2.24, 2.45) is 5.92 Å². The summed E-state index contributed by atoms with van der Waals surface area (Å²) in [6.07, 6.45) is -2.49. The lowest BCUT2D eigenvalue weighted by molar-refractivity contribution is -0.169. The van der Waals surface area contributed by atoms with Gasteiger partial charge in [-0.2, -0.15) is 17.2 Å². The number of esters is 1. The Morgan fingerprint density at radius 3 is 2.00 bits per heavy atom. The molecule has 0 aromatic rings. The quantitative estimate of drug-likeness (QED) is 0.275. The molecule has 0 aliphatic carbocycles. The van der Waals surface area contributed by atoms with Crippen molar-refractivity contribution in [1.82, 2.24) is 0 Å². The van der Waals surface area contributed by atoms with Gasteiger partial charge in [0, 0.05) is 0 Å². The molecular weight excluding hydrogens is 370 g/mol. The second-order valence-electron chi connectivity index (χ2n) is 5.80. The first-order chi connectivity index (χ1) is 11.6. The largest absolute Gasteiger partial charge is 0.455 e. The fraction of sp³-hybridized carbons (Fsp3) is 0.923. The lowest BCUT2D eigenvalue weighted by Crippen LogP contribution is -2.43. The van der Waals surface area contributed by atoms with Crippen molar-refractivity contribution in [3.63, 3.8) is 0 Å². The van der Waals surface area contributed by atoms with Crippen LogP contribution in [-0.2, 0) is 38.6 Å². The number of alkyl halides is 2. The van der Waals surface area contributed by atoms with E-state index in [9.17, 15) is 22.0 Å². The summed E-state index contributed by atoms with van der Waals surface area (Å²) in [7, 11) is -5.72. The number of carbonyl (C=O) groups is 1. The van der Waals surface area contributed by atoms with Gasteiger partial charge < -0.3 is 23.7 Å². The zero-order valence-corrected chi connectivity index (χ0v) is 14.2. The predicted octanol–water partition coefficient (Wildman–Crippen LogP) is -0.154. The third-order valence-electron chi connectivity index (χ3n) is 3.49. The number of hydrogen-bond acceptors (Lipinski definition) is 8. The van der Waals surface area contributed by atoms with Crippen LogP contribution in [0.4, 0.5) is 8.78 Å².